The van der Waals surface area contributed by atoms with Crippen LogP contribution in [0.4, 0.5) is 0 Å². The third kappa shape index (κ3) is 3.23. The zero-order valence-corrected chi connectivity index (χ0v) is 14.8. The number of amides is 1. The molecule has 2 aliphatic rings. The van der Waals surface area contributed by atoms with Crippen molar-refractivity contribution in [1.29, 1.82) is 0 Å². The van der Waals surface area contributed by atoms with E-state index in [1.165, 1.54) is 35.5 Å². The average molecular weight is 350 g/mol. The highest BCUT2D eigenvalue weighted by molar-refractivity contribution is 7.89. The van der Waals surface area contributed by atoms with E-state index in [2.05, 4.69) is 6.92 Å². The van der Waals surface area contributed by atoms with Gasteiger partial charge in [-0.1, -0.05) is 19.1 Å². The van der Waals surface area contributed by atoms with Crippen LogP contribution >= 0.6 is 0 Å². The third-order valence-corrected chi connectivity index (χ3v) is 6.79. The number of Topliss-reactive ketones (excluding diaryl/α,β-unsaturated/α-hetero) is 1. The van der Waals surface area contributed by atoms with Gasteiger partial charge in [0.15, 0.2) is 5.78 Å². The number of rotatable bonds is 4. The van der Waals surface area contributed by atoms with Crippen LogP contribution in [0, 0.1) is 11.8 Å². The number of nitrogens with zero attached hydrogens (tertiary/aromatic N) is 2. The first-order valence-corrected chi connectivity index (χ1v) is 9.64. The molecule has 1 aromatic rings. The quantitative estimate of drug-likeness (QED) is 0.769. The summed E-state index contributed by atoms with van der Waals surface area (Å²) in [5, 5.41) is 0. The fourth-order valence-electron chi connectivity index (χ4n) is 3.06. The summed E-state index contributed by atoms with van der Waals surface area (Å²) in [4.78, 5) is 25.5. The first kappa shape index (κ1) is 17.1. The van der Waals surface area contributed by atoms with Crippen molar-refractivity contribution in [3.05, 3.63) is 29.8 Å². The van der Waals surface area contributed by atoms with E-state index in [9.17, 15) is 18.0 Å². The smallest absolute Gasteiger partial charge is 0.243 e. The van der Waals surface area contributed by atoms with Gasteiger partial charge < -0.3 is 4.90 Å². The zero-order chi connectivity index (χ0) is 17.5. The van der Waals surface area contributed by atoms with Gasteiger partial charge in [0.2, 0.25) is 15.9 Å². The number of piperazine rings is 1. The highest BCUT2D eigenvalue weighted by Gasteiger charge is 2.42. The molecule has 0 spiro atoms. The fraction of sp³-hybridized carbons (Fsp3) is 0.529. The van der Waals surface area contributed by atoms with E-state index < -0.39 is 10.0 Å². The predicted octanol–water partition coefficient (Wildman–Crippen LogP) is 1.38. The van der Waals surface area contributed by atoms with Crippen molar-refractivity contribution < 1.29 is 18.0 Å². The Morgan fingerprint density at radius 2 is 1.58 bits per heavy atom. The van der Waals surface area contributed by atoms with Crippen LogP contribution in [-0.2, 0) is 14.8 Å². The molecule has 3 rings (SSSR count). The SMILES string of the molecule is CC(=O)c1ccc(S(=O)(=O)N2CCN(C(=O)C3CC3C)CC2)cc1. The molecule has 0 radical (unpaired) electrons. The first-order chi connectivity index (χ1) is 11.3. The third-order valence-electron chi connectivity index (χ3n) is 4.88. The number of carbonyl (C=O) groups excluding carboxylic acids is 2. The molecule has 1 amide bonds. The summed E-state index contributed by atoms with van der Waals surface area (Å²) in [6.07, 6.45) is 0.944. The lowest BCUT2D eigenvalue weighted by Gasteiger charge is -2.34. The van der Waals surface area contributed by atoms with Crippen LogP contribution in [0.5, 0.6) is 0 Å². The molecule has 1 aliphatic heterocycles. The molecule has 24 heavy (non-hydrogen) atoms. The highest BCUT2D eigenvalue weighted by Crippen LogP contribution is 2.39. The lowest BCUT2D eigenvalue weighted by atomic mass is 10.2. The molecule has 1 heterocycles. The summed E-state index contributed by atoms with van der Waals surface area (Å²) in [6, 6.07) is 6.00. The fourth-order valence-corrected chi connectivity index (χ4v) is 4.48. The van der Waals surface area contributed by atoms with Crippen molar-refractivity contribution in [1.82, 2.24) is 9.21 Å². The minimum absolute atomic E-state index is 0.0969. The Bertz CT molecular complexity index is 749. The molecule has 130 valence electrons. The molecule has 1 aromatic carbocycles. The molecular formula is C17H22N2O4S. The van der Waals surface area contributed by atoms with Crippen LogP contribution in [0.15, 0.2) is 29.2 Å². The maximum Gasteiger partial charge on any atom is 0.243 e. The largest absolute Gasteiger partial charge is 0.340 e. The Morgan fingerprint density at radius 1 is 1.04 bits per heavy atom. The van der Waals surface area contributed by atoms with Crippen LogP contribution in [0.3, 0.4) is 0 Å². The van der Waals surface area contributed by atoms with Gasteiger partial charge >= 0.3 is 0 Å². The van der Waals surface area contributed by atoms with Crippen molar-refractivity contribution in [2.45, 2.75) is 25.2 Å². The molecule has 1 saturated carbocycles. The Hall–Kier alpha value is -1.73. The molecule has 0 N–H and O–H groups in total. The standard InChI is InChI=1S/C17H22N2O4S/c1-12-11-16(12)17(21)18-7-9-19(10-8-18)24(22,23)15-5-3-14(4-6-15)13(2)20/h3-6,12,16H,7-11H2,1-2H3. The van der Waals surface area contributed by atoms with Crippen LogP contribution in [0.1, 0.15) is 30.6 Å². The van der Waals surface area contributed by atoms with E-state index >= 15 is 0 Å². The lowest BCUT2D eigenvalue weighted by Crippen LogP contribution is -2.51. The van der Waals surface area contributed by atoms with Crippen LogP contribution in [0.2, 0.25) is 0 Å². The number of hydrogen-bond donors (Lipinski definition) is 0. The van der Waals surface area contributed by atoms with Gasteiger partial charge in [0.05, 0.1) is 4.90 Å². The molecule has 2 unspecified atom stereocenters. The normalized spacial score (nSPS) is 24.7. The predicted molar refractivity (Wildman–Crippen MR) is 89.1 cm³/mol. The second kappa shape index (κ2) is 6.29. The second-order valence-corrected chi connectivity index (χ2v) is 8.57. The zero-order valence-electron chi connectivity index (χ0n) is 13.9. The molecule has 7 heteroatoms. The van der Waals surface area contributed by atoms with Crippen LogP contribution in [-0.4, -0.2) is 55.5 Å². The van der Waals surface area contributed by atoms with Gasteiger partial charge in [-0.3, -0.25) is 9.59 Å². The van der Waals surface area contributed by atoms with Crippen molar-refractivity contribution in [2.75, 3.05) is 26.2 Å². The van der Waals surface area contributed by atoms with Gasteiger partial charge in [-0.25, -0.2) is 8.42 Å². The van der Waals surface area contributed by atoms with Gasteiger partial charge in [0.25, 0.3) is 0 Å². The second-order valence-electron chi connectivity index (χ2n) is 6.63. The minimum atomic E-state index is -3.58. The van der Waals surface area contributed by atoms with Crippen molar-refractivity contribution in [2.24, 2.45) is 11.8 Å². The Morgan fingerprint density at radius 3 is 2.04 bits per heavy atom. The monoisotopic (exact) mass is 350 g/mol. The van der Waals surface area contributed by atoms with E-state index in [0.29, 0.717) is 37.7 Å². The van der Waals surface area contributed by atoms with Gasteiger partial charge in [-0.2, -0.15) is 4.31 Å². The number of hydrogen-bond acceptors (Lipinski definition) is 4. The maximum atomic E-state index is 12.7. The molecule has 1 saturated heterocycles. The molecule has 0 bridgehead atoms. The van der Waals surface area contributed by atoms with Gasteiger partial charge in [-0.05, 0) is 31.4 Å². The maximum absolute atomic E-state index is 12.7. The molecule has 2 fully saturated rings. The number of ketones is 1. The number of carbonyl (C=O) groups is 2. The average Bonchev–Trinajstić information content (AvgIpc) is 3.31. The van der Waals surface area contributed by atoms with Crippen molar-refractivity contribution >= 4 is 21.7 Å². The Labute approximate surface area is 142 Å². The van der Waals surface area contributed by atoms with Crippen LogP contribution < -0.4 is 0 Å². The van der Waals surface area contributed by atoms with Gasteiger partial charge in [0, 0.05) is 37.7 Å². The van der Waals surface area contributed by atoms with E-state index in [4.69, 9.17) is 0 Å². The summed E-state index contributed by atoms with van der Waals surface area (Å²) in [5.74, 6) is 0.650. The summed E-state index contributed by atoms with van der Waals surface area (Å²) in [7, 11) is -3.58. The summed E-state index contributed by atoms with van der Waals surface area (Å²) in [6.45, 7) is 5.00. The van der Waals surface area contributed by atoms with E-state index in [-0.39, 0.29) is 22.5 Å². The van der Waals surface area contributed by atoms with Gasteiger partial charge in [-0.15, -0.1) is 0 Å². The van der Waals surface area contributed by atoms with E-state index in [0.717, 1.165) is 6.42 Å². The molecule has 6 nitrogen and oxygen atoms in total. The first-order valence-electron chi connectivity index (χ1n) is 8.20. The lowest BCUT2D eigenvalue weighted by molar-refractivity contribution is -0.134. The summed E-state index contributed by atoms with van der Waals surface area (Å²) >= 11 is 0. The van der Waals surface area contributed by atoms with E-state index in [1.54, 1.807) is 4.90 Å². The molecule has 0 aromatic heterocycles. The Kier molecular flexibility index (Phi) is 4.48. The summed E-state index contributed by atoms with van der Waals surface area (Å²) in [5.41, 5.74) is 0.489. The molecule has 2 atom stereocenters. The topological polar surface area (TPSA) is 74.8 Å². The summed E-state index contributed by atoms with van der Waals surface area (Å²) < 4.78 is 26.8. The van der Waals surface area contributed by atoms with Crippen molar-refractivity contribution in [3.63, 3.8) is 0 Å². The highest BCUT2D eigenvalue weighted by atomic mass is 32.2. The molecular weight excluding hydrogens is 328 g/mol. The van der Waals surface area contributed by atoms with Crippen molar-refractivity contribution in [3.8, 4) is 0 Å². The van der Waals surface area contributed by atoms with E-state index in [1.807, 2.05) is 0 Å². The van der Waals surface area contributed by atoms with Crippen LogP contribution in [0.25, 0.3) is 0 Å². The van der Waals surface area contributed by atoms with Gasteiger partial charge in [0.1, 0.15) is 0 Å². The number of benzene rings is 1. The number of sulfonamides is 1. The minimum Gasteiger partial charge on any atom is -0.340 e. The molecule has 1 aliphatic carbocycles. The Balaban J connectivity index is 1.66.